The molecular formula is C13H15BrN2O5. The van der Waals surface area contributed by atoms with Gasteiger partial charge in [0.05, 0.1) is 10.5 Å². The number of carbonyl (C=O) groups excluding carboxylic acids is 1. The van der Waals surface area contributed by atoms with Crippen molar-refractivity contribution in [2.24, 2.45) is 5.41 Å². The van der Waals surface area contributed by atoms with Crippen LogP contribution in [0.2, 0.25) is 0 Å². The van der Waals surface area contributed by atoms with Crippen molar-refractivity contribution >= 4 is 33.5 Å². The van der Waals surface area contributed by atoms with Crippen LogP contribution in [0.25, 0.3) is 0 Å². The normalized spacial score (nSPS) is 12.6. The third-order valence-electron chi connectivity index (χ3n) is 2.79. The number of hydrogen-bond acceptors (Lipinski definition) is 4. The van der Waals surface area contributed by atoms with Gasteiger partial charge in [0.1, 0.15) is 6.04 Å². The van der Waals surface area contributed by atoms with Gasteiger partial charge in [-0.25, -0.2) is 4.79 Å². The lowest BCUT2D eigenvalue weighted by Gasteiger charge is -2.27. The first-order valence-corrected chi connectivity index (χ1v) is 6.81. The molecule has 21 heavy (non-hydrogen) atoms. The molecule has 1 atom stereocenters. The molecule has 114 valence electrons. The monoisotopic (exact) mass is 358 g/mol. The fourth-order valence-corrected chi connectivity index (χ4v) is 2.09. The largest absolute Gasteiger partial charge is 0.480 e. The van der Waals surface area contributed by atoms with E-state index in [1.807, 2.05) is 0 Å². The number of carboxylic acids is 1. The maximum atomic E-state index is 12.2. The Labute approximate surface area is 129 Å². The van der Waals surface area contributed by atoms with Crippen LogP contribution < -0.4 is 5.32 Å². The van der Waals surface area contributed by atoms with Crippen molar-refractivity contribution in [1.82, 2.24) is 5.32 Å². The standard InChI is InChI=1S/C13H15BrN2O5/c1-13(2,3)10(12(18)19)15-11(17)8-6-7(16(20)21)4-5-9(8)14/h4-6,10H,1-3H3,(H,15,17)(H,18,19). The molecule has 0 aliphatic rings. The van der Waals surface area contributed by atoms with Crippen LogP contribution in [0.15, 0.2) is 22.7 Å². The number of nitro groups is 1. The molecular weight excluding hydrogens is 344 g/mol. The Morgan fingerprint density at radius 1 is 1.38 bits per heavy atom. The third-order valence-corrected chi connectivity index (χ3v) is 3.49. The molecule has 0 spiro atoms. The van der Waals surface area contributed by atoms with Crippen LogP contribution in [-0.2, 0) is 4.79 Å². The molecule has 1 aromatic rings. The van der Waals surface area contributed by atoms with E-state index in [2.05, 4.69) is 21.2 Å². The summed E-state index contributed by atoms with van der Waals surface area (Å²) < 4.78 is 0.351. The summed E-state index contributed by atoms with van der Waals surface area (Å²) >= 11 is 3.13. The number of carbonyl (C=O) groups is 2. The lowest BCUT2D eigenvalue weighted by Crippen LogP contribution is -2.49. The van der Waals surface area contributed by atoms with Crippen molar-refractivity contribution in [2.75, 3.05) is 0 Å². The second kappa shape index (κ2) is 6.21. The quantitative estimate of drug-likeness (QED) is 0.634. The van der Waals surface area contributed by atoms with Gasteiger partial charge in [0.25, 0.3) is 11.6 Å². The zero-order chi connectivity index (χ0) is 16.4. The Kier molecular flexibility index (Phi) is 5.06. The Bertz CT molecular complexity index is 595. The summed E-state index contributed by atoms with van der Waals surface area (Å²) in [6, 6.07) is 2.61. The number of nitro benzene ring substituents is 1. The lowest BCUT2D eigenvalue weighted by molar-refractivity contribution is -0.384. The summed E-state index contributed by atoms with van der Waals surface area (Å²) in [6.07, 6.45) is 0. The second-order valence-electron chi connectivity index (χ2n) is 5.53. The molecule has 1 aromatic carbocycles. The van der Waals surface area contributed by atoms with E-state index in [-0.39, 0.29) is 11.3 Å². The molecule has 0 saturated carbocycles. The highest BCUT2D eigenvalue weighted by Gasteiger charge is 2.33. The van der Waals surface area contributed by atoms with Gasteiger partial charge < -0.3 is 10.4 Å². The summed E-state index contributed by atoms with van der Waals surface area (Å²) in [7, 11) is 0. The van der Waals surface area contributed by atoms with E-state index in [0.29, 0.717) is 4.47 Å². The van der Waals surface area contributed by atoms with Gasteiger partial charge in [-0.2, -0.15) is 0 Å². The molecule has 1 unspecified atom stereocenters. The van der Waals surface area contributed by atoms with Gasteiger partial charge in [0.2, 0.25) is 0 Å². The molecule has 0 aromatic heterocycles. The fourth-order valence-electron chi connectivity index (χ4n) is 1.66. The molecule has 8 heteroatoms. The maximum absolute atomic E-state index is 12.2. The van der Waals surface area contributed by atoms with Gasteiger partial charge in [-0.15, -0.1) is 0 Å². The Hall–Kier alpha value is -1.96. The van der Waals surface area contributed by atoms with Crippen LogP contribution >= 0.6 is 15.9 Å². The minimum Gasteiger partial charge on any atom is -0.480 e. The van der Waals surface area contributed by atoms with Gasteiger partial charge in [-0.1, -0.05) is 20.8 Å². The minimum atomic E-state index is -1.17. The number of benzene rings is 1. The van der Waals surface area contributed by atoms with Crippen LogP contribution in [0.5, 0.6) is 0 Å². The van der Waals surface area contributed by atoms with Gasteiger partial charge in [0.15, 0.2) is 0 Å². The smallest absolute Gasteiger partial charge is 0.326 e. The fraction of sp³-hybridized carbons (Fsp3) is 0.385. The molecule has 1 rings (SSSR count). The van der Waals surface area contributed by atoms with Crippen molar-refractivity contribution in [3.63, 3.8) is 0 Å². The first-order valence-electron chi connectivity index (χ1n) is 6.01. The van der Waals surface area contributed by atoms with Gasteiger partial charge in [-0.05, 0) is 27.4 Å². The van der Waals surface area contributed by atoms with Gasteiger partial charge >= 0.3 is 5.97 Å². The van der Waals surface area contributed by atoms with E-state index in [4.69, 9.17) is 0 Å². The average Bonchev–Trinajstić information content (AvgIpc) is 2.33. The van der Waals surface area contributed by atoms with Crippen LogP contribution in [0.1, 0.15) is 31.1 Å². The molecule has 0 radical (unpaired) electrons. The van der Waals surface area contributed by atoms with Crippen molar-refractivity contribution in [3.05, 3.63) is 38.3 Å². The van der Waals surface area contributed by atoms with Gasteiger partial charge in [-0.3, -0.25) is 14.9 Å². The van der Waals surface area contributed by atoms with E-state index >= 15 is 0 Å². The first kappa shape index (κ1) is 17.1. The number of carboxylic acid groups (broad SMARTS) is 1. The highest BCUT2D eigenvalue weighted by atomic mass is 79.9. The molecule has 7 nitrogen and oxygen atoms in total. The number of amides is 1. The molecule has 0 fully saturated rings. The molecule has 0 heterocycles. The Morgan fingerprint density at radius 2 is 1.95 bits per heavy atom. The highest BCUT2D eigenvalue weighted by molar-refractivity contribution is 9.10. The SMILES string of the molecule is CC(C)(C)C(NC(=O)c1cc([N+](=O)[O-])ccc1Br)C(=O)O. The van der Waals surface area contributed by atoms with Crippen LogP contribution in [-0.4, -0.2) is 27.9 Å². The van der Waals surface area contributed by atoms with Crippen molar-refractivity contribution in [1.29, 1.82) is 0 Å². The van der Waals surface area contributed by atoms with Crippen molar-refractivity contribution in [3.8, 4) is 0 Å². The topological polar surface area (TPSA) is 110 Å². The number of hydrogen-bond donors (Lipinski definition) is 2. The lowest BCUT2D eigenvalue weighted by atomic mass is 9.86. The Balaban J connectivity index is 3.11. The first-order chi connectivity index (χ1) is 9.54. The van der Waals surface area contributed by atoms with E-state index in [1.54, 1.807) is 20.8 Å². The minimum absolute atomic E-state index is 0.0136. The molecule has 0 saturated heterocycles. The number of non-ortho nitro benzene ring substituents is 1. The van der Waals surface area contributed by atoms with Crippen LogP contribution in [0.4, 0.5) is 5.69 Å². The highest BCUT2D eigenvalue weighted by Crippen LogP contribution is 2.24. The van der Waals surface area contributed by atoms with Crippen molar-refractivity contribution < 1.29 is 19.6 Å². The van der Waals surface area contributed by atoms with Crippen molar-refractivity contribution in [2.45, 2.75) is 26.8 Å². The number of halogens is 1. The second-order valence-corrected chi connectivity index (χ2v) is 6.39. The molecule has 1 amide bonds. The van der Waals surface area contributed by atoms with Gasteiger partial charge in [0, 0.05) is 16.6 Å². The van der Waals surface area contributed by atoms with Crippen LogP contribution in [0.3, 0.4) is 0 Å². The zero-order valence-corrected chi connectivity index (χ0v) is 13.3. The Morgan fingerprint density at radius 3 is 2.38 bits per heavy atom. The zero-order valence-electron chi connectivity index (χ0n) is 11.7. The summed E-state index contributed by atoms with van der Waals surface area (Å²) in [6.45, 7) is 5.03. The number of rotatable bonds is 4. The predicted molar refractivity (Wildman–Crippen MR) is 79.1 cm³/mol. The van der Waals surface area contributed by atoms with E-state index in [9.17, 15) is 24.8 Å². The number of aliphatic carboxylic acids is 1. The van der Waals surface area contributed by atoms with E-state index in [1.165, 1.54) is 12.1 Å². The average molecular weight is 359 g/mol. The summed E-state index contributed by atoms with van der Waals surface area (Å²) in [5.41, 5.74) is -0.931. The molecule has 2 N–H and O–H groups in total. The summed E-state index contributed by atoms with van der Waals surface area (Å²) in [4.78, 5) is 33.5. The molecule has 0 bridgehead atoms. The number of nitrogens with zero attached hydrogens (tertiary/aromatic N) is 1. The summed E-state index contributed by atoms with van der Waals surface area (Å²) in [5, 5.41) is 22.3. The maximum Gasteiger partial charge on any atom is 0.326 e. The van der Waals surface area contributed by atoms with Crippen LogP contribution in [0, 0.1) is 15.5 Å². The predicted octanol–water partition coefficient (Wildman–Crippen LogP) is 2.59. The third kappa shape index (κ3) is 4.25. The number of nitrogens with one attached hydrogen (secondary N) is 1. The summed E-state index contributed by atoms with van der Waals surface area (Å²) in [5.74, 6) is -1.86. The van der Waals surface area contributed by atoms with E-state index < -0.39 is 28.3 Å². The van der Waals surface area contributed by atoms with E-state index in [0.717, 1.165) is 6.07 Å². The molecule has 0 aliphatic carbocycles. The molecule has 0 aliphatic heterocycles.